The molecule has 2 aromatic rings. The number of rotatable bonds is 4. The third kappa shape index (κ3) is 4.60. The van der Waals surface area contributed by atoms with Crippen molar-refractivity contribution in [1.29, 1.82) is 0 Å². The maximum absolute atomic E-state index is 12.6. The number of aliphatic hydroxyl groups excluding tert-OH is 1. The van der Waals surface area contributed by atoms with E-state index in [1.165, 1.54) is 11.3 Å². The smallest absolute Gasteiger partial charge is 0.265 e. The Labute approximate surface area is 155 Å². The molecule has 1 heterocycles. The second kappa shape index (κ2) is 7.99. The molecule has 0 bridgehead atoms. The predicted octanol–water partition coefficient (Wildman–Crippen LogP) is 3.69. The topological polar surface area (TPSA) is 78.4 Å². The molecule has 3 rings (SSSR count). The maximum Gasteiger partial charge on any atom is 0.265 e. The molecule has 1 saturated carbocycles. The van der Waals surface area contributed by atoms with Crippen molar-refractivity contribution in [3.63, 3.8) is 0 Å². The van der Waals surface area contributed by atoms with E-state index in [4.69, 9.17) is 11.6 Å². The van der Waals surface area contributed by atoms with Crippen LogP contribution in [0.2, 0.25) is 5.02 Å². The first-order chi connectivity index (χ1) is 12.0. The van der Waals surface area contributed by atoms with Crippen molar-refractivity contribution in [3.05, 3.63) is 51.2 Å². The fourth-order valence-corrected chi connectivity index (χ4v) is 3.68. The molecule has 7 heteroatoms. The normalized spacial score (nSPS) is 20.1. The molecular formula is C18H19ClN2O3S. The zero-order chi connectivity index (χ0) is 17.8. The molecular weight excluding hydrogens is 360 g/mol. The van der Waals surface area contributed by atoms with Crippen LogP contribution in [0, 0.1) is 0 Å². The Balaban J connectivity index is 1.74. The molecule has 0 aliphatic heterocycles. The first-order valence-electron chi connectivity index (χ1n) is 8.16. The van der Waals surface area contributed by atoms with Gasteiger partial charge in [0.05, 0.1) is 22.2 Å². The Morgan fingerprint density at radius 3 is 2.56 bits per heavy atom. The molecule has 1 aromatic carbocycles. The molecule has 0 unspecified atom stereocenters. The zero-order valence-corrected chi connectivity index (χ0v) is 15.1. The van der Waals surface area contributed by atoms with Crippen LogP contribution in [0.1, 0.15) is 45.7 Å². The Kier molecular flexibility index (Phi) is 5.73. The van der Waals surface area contributed by atoms with Crippen LogP contribution in [0.25, 0.3) is 0 Å². The van der Waals surface area contributed by atoms with Gasteiger partial charge in [0, 0.05) is 11.1 Å². The number of thiophene rings is 1. The molecule has 25 heavy (non-hydrogen) atoms. The van der Waals surface area contributed by atoms with Crippen LogP contribution < -0.4 is 10.6 Å². The third-order valence-electron chi connectivity index (χ3n) is 4.25. The van der Waals surface area contributed by atoms with Crippen molar-refractivity contribution in [1.82, 2.24) is 5.32 Å². The highest BCUT2D eigenvalue weighted by atomic mass is 35.5. The Morgan fingerprint density at radius 2 is 1.88 bits per heavy atom. The number of nitrogens with one attached hydrogen (secondary N) is 2. The molecule has 2 amide bonds. The van der Waals surface area contributed by atoms with Crippen LogP contribution in [0.3, 0.4) is 0 Å². The van der Waals surface area contributed by atoms with Gasteiger partial charge in [-0.1, -0.05) is 17.7 Å². The van der Waals surface area contributed by atoms with Gasteiger partial charge in [-0.3, -0.25) is 9.59 Å². The van der Waals surface area contributed by atoms with Crippen LogP contribution >= 0.6 is 22.9 Å². The summed E-state index contributed by atoms with van der Waals surface area (Å²) in [5.41, 5.74) is 0.764. The van der Waals surface area contributed by atoms with Crippen molar-refractivity contribution < 1.29 is 14.7 Å². The minimum Gasteiger partial charge on any atom is -0.393 e. The zero-order valence-electron chi connectivity index (χ0n) is 13.5. The molecule has 0 saturated heterocycles. The number of benzene rings is 1. The number of carbonyl (C=O) groups excluding carboxylic acids is 2. The van der Waals surface area contributed by atoms with E-state index in [9.17, 15) is 14.7 Å². The molecule has 0 radical (unpaired) electrons. The maximum atomic E-state index is 12.6. The van der Waals surface area contributed by atoms with Crippen molar-refractivity contribution in [2.24, 2.45) is 0 Å². The summed E-state index contributed by atoms with van der Waals surface area (Å²) in [7, 11) is 0. The highest BCUT2D eigenvalue weighted by Crippen LogP contribution is 2.24. The number of carbonyl (C=O) groups is 2. The third-order valence-corrected chi connectivity index (χ3v) is 5.36. The highest BCUT2D eigenvalue weighted by Gasteiger charge is 2.23. The van der Waals surface area contributed by atoms with E-state index in [0.29, 0.717) is 34.0 Å². The summed E-state index contributed by atoms with van der Waals surface area (Å²) >= 11 is 7.36. The van der Waals surface area contributed by atoms with E-state index in [1.54, 1.807) is 30.3 Å². The van der Waals surface area contributed by atoms with Gasteiger partial charge in [0.15, 0.2) is 0 Å². The minimum atomic E-state index is -0.274. The number of hydrogen-bond acceptors (Lipinski definition) is 4. The molecule has 132 valence electrons. The first-order valence-corrected chi connectivity index (χ1v) is 9.42. The Morgan fingerprint density at radius 1 is 1.12 bits per heavy atom. The number of anilines is 1. The molecule has 0 spiro atoms. The van der Waals surface area contributed by atoms with Gasteiger partial charge >= 0.3 is 0 Å². The second-order valence-corrected chi connectivity index (χ2v) is 7.48. The Bertz CT molecular complexity index is 756. The van der Waals surface area contributed by atoms with Crippen LogP contribution in [-0.2, 0) is 0 Å². The average molecular weight is 379 g/mol. The predicted molar refractivity (Wildman–Crippen MR) is 99.5 cm³/mol. The molecule has 3 N–H and O–H groups in total. The van der Waals surface area contributed by atoms with E-state index in [0.717, 1.165) is 12.8 Å². The summed E-state index contributed by atoms with van der Waals surface area (Å²) in [6, 6.07) is 8.36. The van der Waals surface area contributed by atoms with E-state index in [1.807, 2.05) is 5.38 Å². The van der Waals surface area contributed by atoms with Gasteiger partial charge in [-0.2, -0.15) is 0 Å². The van der Waals surface area contributed by atoms with Gasteiger partial charge < -0.3 is 15.7 Å². The lowest BCUT2D eigenvalue weighted by molar-refractivity contribution is 0.0868. The summed E-state index contributed by atoms with van der Waals surface area (Å²) in [5.74, 6) is -0.522. The molecule has 0 atom stereocenters. The lowest BCUT2D eigenvalue weighted by Gasteiger charge is -2.26. The van der Waals surface area contributed by atoms with Crippen LogP contribution in [0.15, 0.2) is 35.7 Å². The van der Waals surface area contributed by atoms with Crippen LogP contribution in [0.5, 0.6) is 0 Å². The lowest BCUT2D eigenvalue weighted by Crippen LogP contribution is -2.38. The lowest BCUT2D eigenvalue weighted by atomic mass is 9.93. The van der Waals surface area contributed by atoms with Crippen LogP contribution in [-0.4, -0.2) is 29.1 Å². The number of amides is 2. The van der Waals surface area contributed by atoms with E-state index in [2.05, 4.69) is 10.6 Å². The van der Waals surface area contributed by atoms with Gasteiger partial charge in [0.1, 0.15) is 0 Å². The van der Waals surface area contributed by atoms with E-state index < -0.39 is 0 Å². The quantitative estimate of drug-likeness (QED) is 0.759. The van der Waals surface area contributed by atoms with Gasteiger partial charge in [-0.25, -0.2) is 0 Å². The summed E-state index contributed by atoms with van der Waals surface area (Å²) in [6.45, 7) is 0. The minimum absolute atomic E-state index is 0.0347. The summed E-state index contributed by atoms with van der Waals surface area (Å²) in [6.07, 6.45) is 2.60. The highest BCUT2D eigenvalue weighted by molar-refractivity contribution is 7.12. The fourth-order valence-electron chi connectivity index (χ4n) is 2.89. The van der Waals surface area contributed by atoms with Crippen molar-refractivity contribution in [2.45, 2.75) is 37.8 Å². The number of hydrogen-bond donors (Lipinski definition) is 3. The van der Waals surface area contributed by atoms with E-state index in [-0.39, 0.29) is 24.0 Å². The van der Waals surface area contributed by atoms with Crippen molar-refractivity contribution in [2.75, 3.05) is 5.32 Å². The summed E-state index contributed by atoms with van der Waals surface area (Å²) in [5, 5.41) is 17.6. The molecule has 1 aliphatic carbocycles. The van der Waals surface area contributed by atoms with Crippen molar-refractivity contribution in [3.8, 4) is 0 Å². The number of halogens is 1. The molecule has 5 nitrogen and oxygen atoms in total. The summed E-state index contributed by atoms with van der Waals surface area (Å²) in [4.78, 5) is 25.5. The average Bonchev–Trinajstić information content (AvgIpc) is 3.11. The van der Waals surface area contributed by atoms with E-state index >= 15 is 0 Å². The SMILES string of the molecule is O=C(Nc1cc(Cl)ccc1C(=O)NC1CCC(O)CC1)c1cccs1. The van der Waals surface area contributed by atoms with Gasteiger partial charge in [-0.05, 0) is 55.3 Å². The van der Waals surface area contributed by atoms with Crippen molar-refractivity contribution >= 4 is 40.4 Å². The molecule has 1 aliphatic rings. The monoisotopic (exact) mass is 378 g/mol. The second-order valence-electron chi connectivity index (χ2n) is 6.10. The Hall–Kier alpha value is -1.89. The summed E-state index contributed by atoms with van der Waals surface area (Å²) < 4.78 is 0. The standard InChI is InChI=1S/C18H19ClN2O3S/c19-11-3-8-14(17(23)20-12-4-6-13(22)7-5-12)15(10-11)21-18(24)16-2-1-9-25-16/h1-3,8-10,12-13,22H,4-7H2,(H,20,23)(H,21,24). The first kappa shape index (κ1) is 17.9. The van der Waals surface area contributed by atoms with Gasteiger partial charge in [0.2, 0.25) is 0 Å². The van der Waals surface area contributed by atoms with Gasteiger partial charge in [0.25, 0.3) is 11.8 Å². The molecule has 1 fully saturated rings. The fraction of sp³-hybridized carbons (Fsp3) is 0.333. The molecule has 1 aromatic heterocycles. The van der Waals surface area contributed by atoms with Crippen LogP contribution in [0.4, 0.5) is 5.69 Å². The van der Waals surface area contributed by atoms with Gasteiger partial charge in [-0.15, -0.1) is 11.3 Å². The number of aliphatic hydroxyl groups is 1. The largest absolute Gasteiger partial charge is 0.393 e.